The van der Waals surface area contributed by atoms with Gasteiger partial charge in [0.25, 0.3) is 0 Å². The van der Waals surface area contributed by atoms with Gasteiger partial charge >= 0.3 is 17.9 Å². The van der Waals surface area contributed by atoms with E-state index in [0.29, 0.717) is 0 Å². The number of carbonyl (C=O) groups excluding carboxylic acids is 3. The van der Waals surface area contributed by atoms with Gasteiger partial charge in [-0.15, -0.1) is 0 Å². The van der Waals surface area contributed by atoms with Crippen molar-refractivity contribution in [2.45, 2.75) is 121 Å². The lowest BCUT2D eigenvalue weighted by molar-refractivity contribution is -0.153. The maximum absolute atomic E-state index is 12.8. The number of hydrogen-bond donors (Lipinski definition) is 0. The molecule has 0 bridgehead atoms. The molecule has 3 saturated carbocycles. The highest BCUT2D eigenvalue weighted by molar-refractivity contribution is 5.99. The summed E-state index contributed by atoms with van der Waals surface area (Å²) in [6, 6.07) is 0. The zero-order valence-electron chi connectivity index (χ0n) is 18.1. The molecule has 0 heterocycles. The van der Waals surface area contributed by atoms with Crippen molar-refractivity contribution < 1.29 is 28.6 Å². The van der Waals surface area contributed by atoms with E-state index in [4.69, 9.17) is 14.2 Å². The molecule has 0 aromatic carbocycles. The summed E-state index contributed by atoms with van der Waals surface area (Å²) in [6.45, 7) is 0. The Morgan fingerprint density at radius 1 is 0.600 bits per heavy atom. The first-order chi connectivity index (χ1) is 14.6. The molecule has 0 aromatic rings. The van der Waals surface area contributed by atoms with Gasteiger partial charge in [-0.2, -0.15) is 0 Å². The van der Waals surface area contributed by atoms with Crippen LogP contribution in [0, 0.1) is 0 Å². The van der Waals surface area contributed by atoms with Gasteiger partial charge < -0.3 is 14.2 Å². The number of esters is 3. The Labute approximate surface area is 179 Å². The molecule has 6 nitrogen and oxygen atoms in total. The van der Waals surface area contributed by atoms with Crippen molar-refractivity contribution in [1.29, 1.82) is 0 Å². The lowest BCUT2D eigenvalue weighted by Crippen LogP contribution is -2.26. The first-order valence-electron chi connectivity index (χ1n) is 11.9. The number of ether oxygens (including phenoxy) is 3. The number of hydrogen-bond acceptors (Lipinski definition) is 6. The molecular formula is C24H36O6. The molecule has 0 radical (unpaired) electrons. The van der Waals surface area contributed by atoms with Crippen molar-refractivity contribution in [2.24, 2.45) is 0 Å². The smallest absolute Gasteiger partial charge is 0.335 e. The second-order valence-electron chi connectivity index (χ2n) is 8.96. The van der Waals surface area contributed by atoms with Crippen molar-refractivity contribution in [2.75, 3.05) is 0 Å². The summed E-state index contributed by atoms with van der Waals surface area (Å²) in [4.78, 5) is 37.7. The summed E-state index contributed by atoms with van der Waals surface area (Å²) in [7, 11) is 0. The van der Waals surface area contributed by atoms with E-state index in [9.17, 15) is 14.4 Å². The normalized spacial score (nSPS) is 22.3. The third-order valence-corrected chi connectivity index (χ3v) is 6.40. The zero-order valence-corrected chi connectivity index (χ0v) is 18.1. The second-order valence-corrected chi connectivity index (χ2v) is 8.96. The Balaban J connectivity index is 1.60. The molecule has 168 valence electrons. The van der Waals surface area contributed by atoms with Gasteiger partial charge in [-0.05, 0) is 77.0 Å². The largest absolute Gasteiger partial charge is 0.462 e. The van der Waals surface area contributed by atoms with E-state index in [0.717, 1.165) is 96.0 Å². The highest BCUT2D eigenvalue weighted by Crippen LogP contribution is 2.24. The third kappa shape index (κ3) is 7.77. The van der Waals surface area contributed by atoms with Crippen LogP contribution in [-0.4, -0.2) is 36.2 Å². The molecule has 6 heteroatoms. The summed E-state index contributed by atoms with van der Waals surface area (Å²) in [5, 5.41) is 0. The van der Waals surface area contributed by atoms with E-state index in [1.54, 1.807) is 0 Å². The summed E-state index contributed by atoms with van der Waals surface area (Å²) in [5.41, 5.74) is 0.0437. The monoisotopic (exact) mass is 420 g/mol. The summed E-state index contributed by atoms with van der Waals surface area (Å²) >= 11 is 0. The molecule has 0 spiro atoms. The molecule has 0 saturated heterocycles. The van der Waals surface area contributed by atoms with Gasteiger partial charge in [-0.25, -0.2) is 9.59 Å². The second kappa shape index (κ2) is 12.1. The van der Waals surface area contributed by atoms with Crippen LogP contribution in [0.25, 0.3) is 0 Å². The number of carbonyl (C=O) groups is 3. The molecule has 3 aliphatic rings. The highest BCUT2D eigenvalue weighted by Gasteiger charge is 2.26. The Hall–Kier alpha value is -1.85. The van der Waals surface area contributed by atoms with Crippen LogP contribution in [0.3, 0.4) is 0 Å². The number of rotatable bonds is 7. The molecule has 3 aliphatic carbocycles. The van der Waals surface area contributed by atoms with Crippen molar-refractivity contribution >= 4 is 17.9 Å². The highest BCUT2D eigenvalue weighted by atomic mass is 16.6. The molecule has 30 heavy (non-hydrogen) atoms. The van der Waals surface area contributed by atoms with Gasteiger partial charge in [0.05, 0.1) is 12.0 Å². The first-order valence-corrected chi connectivity index (χ1v) is 11.9. The minimum atomic E-state index is -0.594. The van der Waals surface area contributed by atoms with E-state index in [2.05, 4.69) is 0 Å². The van der Waals surface area contributed by atoms with Gasteiger partial charge in [0.1, 0.15) is 18.3 Å². The minimum Gasteiger partial charge on any atom is -0.462 e. The van der Waals surface area contributed by atoms with Crippen molar-refractivity contribution in [3.63, 3.8) is 0 Å². The van der Waals surface area contributed by atoms with Crippen LogP contribution in [-0.2, 0) is 28.6 Å². The van der Waals surface area contributed by atoms with Crippen LogP contribution in [0.2, 0.25) is 0 Å². The fourth-order valence-electron chi connectivity index (χ4n) is 4.68. The van der Waals surface area contributed by atoms with Crippen molar-refractivity contribution in [3.05, 3.63) is 11.6 Å². The van der Waals surface area contributed by atoms with Crippen molar-refractivity contribution in [3.8, 4) is 0 Å². The molecule has 0 N–H and O–H groups in total. The van der Waals surface area contributed by atoms with Gasteiger partial charge in [0, 0.05) is 6.08 Å². The molecule has 0 aromatic heterocycles. The topological polar surface area (TPSA) is 78.9 Å². The molecule has 3 rings (SSSR count). The van der Waals surface area contributed by atoms with Crippen LogP contribution in [0.1, 0.15) is 103 Å². The Bertz CT molecular complexity index is 607. The van der Waals surface area contributed by atoms with Crippen LogP contribution >= 0.6 is 0 Å². The van der Waals surface area contributed by atoms with Gasteiger partial charge in [-0.3, -0.25) is 4.79 Å². The van der Waals surface area contributed by atoms with Gasteiger partial charge in [0.15, 0.2) is 0 Å². The van der Waals surface area contributed by atoms with E-state index < -0.39 is 17.9 Å². The van der Waals surface area contributed by atoms with Crippen LogP contribution in [0.5, 0.6) is 0 Å². The SMILES string of the molecule is O=C(C=C(CC(=O)OC1CCCCC1)C(=O)OC1CCCCC1)OC1CCCCC1. The lowest BCUT2D eigenvalue weighted by atomic mass is 9.97. The average molecular weight is 421 g/mol. The Kier molecular flexibility index (Phi) is 9.22. The maximum atomic E-state index is 12.8. The third-order valence-electron chi connectivity index (χ3n) is 6.40. The lowest BCUT2D eigenvalue weighted by Gasteiger charge is -2.24. The fraction of sp³-hybridized carbons (Fsp3) is 0.792. The molecule has 0 aliphatic heterocycles. The standard InChI is InChI=1S/C24H36O6/c25-22(28-19-10-4-1-5-11-19)16-18(24(27)30-21-14-8-3-9-15-21)17-23(26)29-20-12-6-2-7-13-20/h16,19-21H,1-15,17H2. The van der Waals surface area contributed by atoms with E-state index in [1.807, 2.05) is 0 Å². The summed E-state index contributed by atoms with van der Waals surface area (Å²) in [5.74, 6) is -1.63. The average Bonchev–Trinajstić information content (AvgIpc) is 2.75. The predicted octanol–water partition coefficient (Wildman–Crippen LogP) is 4.93. The Morgan fingerprint density at radius 2 is 1.03 bits per heavy atom. The maximum Gasteiger partial charge on any atom is 0.335 e. The Morgan fingerprint density at radius 3 is 1.53 bits per heavy atom. The quantitative estimate of drug-likeness (QED) is 0.330. The van der Waals surface area contributed by atoms with E-state index >= 15 is 0 Å². The van der Waals surface area contributed by atoms with Crippen LogP contribution in [0.15, 0.2) is 11.6 Å². The summed E-state index contributed by atoms with van der Waals surface area (Å²) < 4.78 is 16.7. The molecular weight excluding hydrogens is 384 g/mol. The first kappa shape index (κ1) is 22.8. The molecule has 0 amide bonds. The summed E-state index contributed by atoms with van der Waals surface area (Å²) in [6.07, 6.45) is 15.4. The van der Waals surface area contributed by atoms with Gasteiger partial charge in [0.2, 0.25) is 0 Å². The van der Waals surface area contributed by atoms with E-state index in [1.165, 1.54) is 6.42 Å². The predicted molar refractivity (Wildman–Crippen MR) is 112 cm³/mol. The van der Waals surface area contributed by atoms with Crippen LogP contribution in [0.4, 0.5) is 0 Å². The molecule has 0 atom stereocenters. The minimum absolute atomic E-state index is 0.0437. The van der Waals surface area contributed by atoms with E-state index in [-0.39, 0.29) is 30.3 Å². The fourth-order valence-corrected chi connectivity index (χ4v) is 4.68. The molecule has 3 fully saturated rings. The molecule has 0 unspecified atom stereocenters. The van der Waals surface area contributed by atoms with Crippen LogP contribution < -0.4 is 0 Å². The van der Waals surface area contributed by atoms with Crippen molar-refractivity contribution in [1.82, 2.24) is 0 Å². The zero-order chi connectivity index (χ0) is 21.2. The van der Waals surface area contributed by atoms with Gasteiger partial charge in [-0.1, -0.05) is 19.3 Å².